The van der Waals surface area contributed by atoms with Gasteiger partial charge in [0.1, 0.15) is 5.75 Å². The van der Waals surface area contributed by atoms with Gasteiger partial charge < -0.3 is 10.1 Å². The van der Waals surface area contributed by atoms with E-state index in [2.05, 4.69) is 21.2 Å². The van der Waals surface area contributed by atoms with Gasteiger partial charge >= 0.3 is 0 Å². The number of halogens is 3. The zero-order chi connectivity index (χ0) is 14.7. The molecule has 0 amide bonds. The van der Waals surface area contributed by atoms with E-state index in [0.29, 0.717) is 10.0 Å². The Morgan fingerprint density at radius 1 is 1.05 bits per heavy atom. The van der Waals surface area contributed by atoms with Crippen molar-refractivity contribution >= 4 is 39.1 Å². The molecule has 0 heterocycles. The van der Waals surface area contributed by atoms with Crippen LogP contribution in [-0.4, -0.2) is 14.2 Å². The van der Waals surface area contributed by atoms with Crippen LogP contribution in [0.3, 0.4) is 0 Å². The van der Waals surface area contributed by atoms with Crippen LogP contribution in [0.2, 0.25) is 10.0 Å². The number of methoxy groups -OCH3 is 1. The maximum Gasteiger partial charge on any atom is 0.120 e. The Bertz CT molecular complexity index is 619. The van der Waals surface area contributed by atoms with Crippen molar-refractivity contribution in [1.29, 1.82) is 0 Å². The first-order valence-corrected chi connectivity index (χ1v) is 7.57. The number of ether oxygens (including phenoxy) is 1. The predicted octanol–water partition coefficient (Wildman–Crippen LogP) is 5.07. The van der Waals surface area contributed by atoms with E-state index >= 15 is 0 Å². The molecule has 0 saturated carbocycles. The fourth-order valence-electron chi connectivity index (χ4n) is 2.08. The van der Waals surface area contributed by atoms with Crippen LogP contribution in [-0.2, 0) is 0 Å². The second-order valence-corrected chi connectivity index (χ2v) is 6.01. The van der Waals surface area contributed by atoms with Crippen LogP contribution in [0, 0.1) is 0 Å². The molecule has 0 aliphatic rings. The summed E-state index contributed by atoms with van der Waals surface area (Å²) in [6, 6.07) is 11.4. The summed E-state index contributed by atoms with van der Waals surface area (Å²) in [4.78, 5) is 0. The monoisotopic (exact) mass is 373 g/mol. The minimum absolute atomic E-state index is 0.0750. The lowest BCUT2D eigenvalue weighted by Crippen LogP contribution is -2.18. The first-order chi connectivity index (χ1) is 9.56. The van der Waals surface area contributed by atoms with Gasteiger partial charge in [0.25, 0.3) is 0 Å². The third-order valence-electron chi connectivity index (χ3n) is 3.08. The Hall–Kier alpha value is -0.740. The van der Waals surface area contributed by atoms with Crippen molar-refractivity contribution in [3.05, 3.63) is 62.0 Å². The summed E-state index contributed by atoms with van der Waals surface area (Å²) < 4.78 is 6.12. The van der Waals surface area contributed by atoms with Gasteiger partial charge in [-0.3, -0.25) is 0 Å². The van der Waals surface area contributed by atoms with Crippen LogP contribution < -0.4 is 10.1 Å². The molecule has 1 atom stereocenters. The summed E-state index contributed by atoms with van der Waals surface area (Å²) in [7, 11) is 3.50. The number of hydrogen-bond acceptors (Lipinski definition) is 2. The second-order valence-electron chi connectivity index (χ2n) is 4.27. The van der Waals surface area contributed by atoms with E-state index in [1.165, 1.54) is 0 Å². The van der Waals surface area contributed by atoms with E-state index in [-0.39, 0.29) is 6.04 Å². The van der Waals surface area contributed by atoms with E-state index in [0.717, 1.165) is 21.3 Å². The Balaban J connectivity index is 2.47. The SMILES string of the molecule is CNC(c1ccc(Br)cc1Cl)c1ccc(OC)cc1Cl. The first-order valence-electron chi connectivity index (χ1n) is 6.02. The highest BCUT2D eigenvalue weighted by Gasteiger charge is 2.18. The summed E-state index contributed by atoms with van der Waals surface area (Å²) in [6.45, 7) is 0. The summed E-state index contributed by atoms with van der Waals surface area (Å²) in [6.07, 6.45) is 0. The summed E-state index contributed by atoms with van der Waals surface area (Å²) in [5, 5.41) is 4.58. The molecule has 1 N–H and O–H groups in total. The van der Waals surface area contributed by atoms with Gasteiger partial charge in [-0.05, 0) is 42.4 Å². The number of nitrogens with one attached hydrogen (secondary N) is 1. The molecule has 2 nitrogen and oxygen atoms in total. The summed E-state index contributed by atoms with van der Waals surface area (Å²) in [5.74, 6) is 0.732. The Labute approximate surface area is 137 Å². The molecular formula is C15H14BrCl2NO. The van der Waals surface area contributed by atoms with E-state index in [4.69, 9.17) is 27.9 Å². The molecule has 1 unspecified atom stereocenters. The summed E-state index contributed by atoms with van der Waals surface area (Å²) in [5.41, 5.74) is 1.93. The molecular weight excluding hydrogens is 361 g/mol. The molecule has 0 fully saturated rings. The van der Waals surface area contributed by atoms with Gasteiger partial charge in [-0.2, -0.15) is 0 Å². The van der Waals surface area contributed by atoms with Crippen molar-refractivity contribution in [2.45, 2.75) is 6.04 Å². The summed E-state index contributed by atoms with van der Waals surface area (Å²) >= 11 is 16.1. The molecule has 0 aliphatic carbocycles. The standard InChI is InChI=1S/C15H14BrCl2NO/c1-19-15(11-5-3-9(16)7-13(11)17)12-6-4-10(20-2)8-14(12)18/h3-8,15,19H,1-2H3. The lowest BCUT2D eigenvalue weighted by molar-refractivity contribution is 0.414. The molecule has 106 valence electrons. The fraction of sp³-hybridized carbons (Fsp3) is 0.200. The third kappa shape index (κ3) is 3.29. The molecule has 20 heavy (non-hydrogen) atoms. The van der Waals surface area contributed by atoms with E-state index < -0.39 is 0 Å². The highest BCUT2D eigenvalue weighted by molar-refractivity contribution is 9.10. The minimum Gasteiger partial charge on any atom is -0.497 e. The average molecular weight is 375 g/mol. The lowest BCUT2D eigenvalue weighted by Gasteiger charge is -2.20. The molecule has 0 aromatic heterocycles. The normalized spacial score (nSPS) is 12.2. The molecule has 0 spiro atoms. The van der Waals surface area contributed by atoms with Gasteiger partial charge in [0, 0.05) is 14.5 Å². The minimum atomic E-state index is -0.0750. The molecule has 0 bridgehead atoms. The first kappa shape index (κ1) is 15.6. The Morgan fingerprint density at radius 2 is 1.65 bits per heavy atom. The van der Waals surface area contributed by atoms with Crippen molar-refractivity contribution in [3.8, 4) is 5.75 Å². The molecule has 0 saturated heterocycles. The maximum absolute atomic E-state index is 6.34. The molecule has 0 aliphatic heterocycles. The van der Waals surface area contributed by atoms with Crippen LogP contribution in [0.5, 0.6) is 5.75 Å². The molecule has 2 aromatic rings. The van der Waals surface area contributed by atoms with Gasteiger partial charge in [-0.25, -0.2) is 0 Å². The highest BCUT2D eigenvalue weighted by atomic mass is 79.9. The largest absolute Gasteiger partial charge is 0.497 e. The number of rotatable bonds is 4. The smallest absolute Gasteiger partial charge is 0.120 e. The van der Waals surface area contributed by atoms with E-state index in [9.17, 15) is 0 Å². The van der Waals surface area contributed by atoms with E-state index in [1.807, 2.05) is 37.4 Å². The van der Waals surface area contributed by atoms with Gasteiger partial charge in [0.05, 0.1) is 13.2 Å². The molecule has 2 aromatic carbocycles. The Kier molecular flexibility index (Phi) is 5.33. The topological polar surface area (TPSA) is 21.3 Å². The van der Waals surface area contributed by atoms with Crippen LogP contribution in [0.25, 0.3) is 0 Å². The van der Waals surface area contributed by atoms with Gasteiger partial charge in [0.15, 0.2) is 0 Å². The van der Waals surface area contributed by atoms with Gasteiger partial charge in [-0.15, -0.1) is 0 Å². The predicted molar refractivity (Wildman–Crippen MR) is 88.1 cm³/mol. The van der Waals surface area contributed by atoms with Crippen molar-refractivity contribution in [2.75, 3.05) is 14.2 Å². The quantitative estimate of drug-likeness (QED) is 0.806. The molecule has 2 rings (SSSR count). The van der Waals surface area contributed by atoms with Gasteiger partial charge in [0.2, 0.25) is 0 Å². The van der Waals surface area contributed by atoms with Crippen molar-refractivity contribution in [1.82, 2.24) is 5.32 Å². The number of hydrogen-bond donors (Lipinski definition) is 1. The van der Waals surface area contributed by atoms with Crippen LogP contribution in [0.4, 0.5) is 0 Å². The third-order valence-corrected chi connectivity index (χ3v) is 4.23. The maximum atomic E-state index is 6.34. The van der Waals surface area contributed by atoms with Crippen molar-refractivity contribution in [2.24, 2.45) is 0 Å². The zero-order valence-electron chi connectivity index (χ0n) is 11.1. The van der Waals surface area contributed by atoms with Crippen LogP contribution >= 0.6 is 39.1 Å². The van der Waals surface area contributed by atoms with Crippen molar-refractivity contribution < 1.29 is 4.74 Å². The second kappa shape index (κ2) is 6.81. The van der Waals surface area contributed by atoms with E-state index in [1.54, 1.807) is 13.2 Å². The molecule has 0 radical (unpaired) electrons. The lowest BCUT2D eigenvalue weighted by atomic mass is 9.98. The van der Waals surface area contributed by atoms with Crippen molar-refractivity contribution in [3.63, 3.8) is 0 Å². The number of benzene rings is 2. The zero-order valence-corrected chi connectivity index (χ0v) is 14.2. The highest BCUT2D eigenvalue weighted by Crippen LogP contribution is 2.35. The van der Waals surface area contributed by atoms with Crippen LogP contribution in [0.15, 0.2) is 40.9 Å². The average Bonchev–Trinajstić information content (AvgIpc) is 2.43. The van der Waals surface area contributed by atoms with Gasteiger partial charge in [-0.1, -0.05) is 51.3 Å². The van der Waals surface area contributed by atoms with Crippen LogP contribution in [0.1, 0.15) is 17.2 Å². The molecule has 5 heteroatoms. The fourth-order valence-corrected chi connectivity index (χ4v) is 3.15. The Morgan fingerprint density at radius 3 is 2.15 bits per heavy atom.